The predicted molar refractivity (Wildman–Crippen MR) is 103 cm³/mol. The number of benzene rings is 1. The van der Waals surface area contributed by atoms with E-state index in [2.05, 4.69) is 35.9 Å². The molecule has 136 valence electrons. The molecule has 0 aliphatic rings. The van der Waals surface area contributed by atoms with Gasteiger partial charge in [-0.1, -0.05) is 29.5 Å². The van der Waals surface area contributed by atoms with E-state index in [1.165, 1.54) is 16.9 Å². The van der Waals surface area contributed by atoms with Gasteiger partial charge in [-0.2, -0.15) is 0 Å². The Bertz CT molecular complexity index is 902. The molecular formula is C19H20N2O3S2. The van der Waals surface area contributed by atoms with Crippen molar-refractivity contribution in [1.29, 1.82) is 0 Å². The van der Waals surface area contributed by atoms with Crippen molar-refractivity contribution in [3.63, 3.8) is 0 Å². The number of aryl methyl sites for hydroxylation is 2. The van der Waals surface area contributed by atoms with Crippen molar-refractivity contribution < 1.29 is 13.9 Å². The molecule has 7 heteroatoms. The third-order valence-corrected chi connectivity index (χ3v) is 5.77. The number of rotatable bonds is 7. The molecule has 0 N–H and O–H groups in total. The van der Waals surface area contributed by atoms with Crippen LogP contribution in [-0.4, -0.2) is 22.5 Å². The van der Waals surface area contributed by atoms with E-state index in [4.69, 9.17) is 9.15 Å². The lowest BCUT2D eigenvalue weighted by Gasteiger charge is -2.02. The van der Waals surface area contributed by atoms with Crippen LogP contribution in [0.1, 0.15) is 29.4 Å². The smallest absolute Gasteiger partial charge is 0.311 e. The first kappa shape index (κ1) is 18.7. The summed E-state index contributed by atoms with van der Waals surface area (Å²) in [5.41, 5.74) is 4.99. The number of ether oxygens (including phenoxy) is 1. The molecule has 0 atom stereocenters. The lowest BCUT2D eigenvalue weighted by Crippen LogP contribution is -2.07. The summed E-state index contributed by atoms with van der Waals surface area (Å²) in [4.78, 5) is 20.5. The number of thiazole rings is 1. The molecule has 3 rings (SSSR count). The number of carbonyl (C=O) groups excluding carboxylic acids is 1. The van der Waals surface area contributed by atoms with Crippen LogP contribution in [-0.2, 0) is 21.7 Å². The fourth-order valence-electron chi connectivity index (χ4n) is 2.48. The fraction of sp³-hybridized carbons (Fsp3) is 0.316. The Balaban J connectivity index is 1.60. The van der Waals surface area contributed by atoms with Gasteiger partial charge in [-0.15, -0.1) is 11.3 Å². The number of hydrogen-bond acceptors (Lipinski definition) is 7. The molecule has 0 bridgehead atoms. The zero-order valence-corrected chi connectivity index (χ0v) is 16.6. The minimum absolute atomic E-state index is 0.214. The minimum Gasteiger partial charge on any atom is -0.466 e. The Labute approximate surface area is 160 Å². The average Bonchev–Trinajstić information content (AvgIpc) is 3.22. The SMILES string of the molecule is CCOC(=O)Cc1csc(SCc2coc(-c3ccc(C)cc3C)n2)n1. The van der Waals surface area contributed by atoms with Crippen LogP contribution in [0, 0.1) is 13.8 Å². The van der Waals surface area contributed by atoms with Gasteiger partial charge in [0.2, 0.25) is 5.89 Å². The number of esters is 1. The highest BCUT2D eigenvalue weighted by molar-refractivity contribution is 8.00. The normalized spacial score (nSPS) is 10.9. The molecule has 26 heavy (non-hydrogen) atoms. The number of oxazole rings is 1. The van der Waals surface area contributed by atoms with Gasteiger partial charge in [-0.25, -0.2) is 9.97 Å². The van der Waals surface area contributed by atoms with Gasteiger partial charge in [0.25, 0.3) is 0 Å². The molecule has 2 aromatic heterocycles. The molecule has 2 heterocycles. The Morgan fingerprint density at radius 1 is 1.27 bits per heavy atom. The van der Waals surface area contributed by atoms with E-state index >= 15 is 0 Å². The van der Waals surface area contributed by atoms with E-state index in [1.807, 2.05) is 11.4 Å². The van der Waals surface area contributed by atoms with E-state index in [0.29, 0.717) is 18.3 Å². The number of nitrogens with zero attached hydrogens (tertiary/aromatic N) is 2. The summed E-state index contributed by atoms with van der Waals surface area (Å²) in [5.74, 6) is 1.06. The highest BCUT2D eigenvalue weighted by atomic mass is 32.2. The van der Waals surface area contributed by atoms with Crippen LogP contribution in [0.25, 0.3) is 11.5 Å². The molecular weight excluding hydrogens is 368 g/mol. The molecule has 0 aliphatic heterocycles. The van der Waals surface area contributed by atoms with Gasteiger partial charge in [0.15, 0.2) is 4.34 Å². The molecule has 0 spiro atoms. The van der Waals surface area contributed by atoms with Crippen LogP contribution in [0.2, 0.25) is 0 Å². The first-order valence-corrected chi connectivity index (χ1v) is 10.2. The zero-order valence-electron chi connectivity index (χ0n) is 14.9. The third-order valence-electron chi connectivity index (χ3n) is 3.67. The average molecular weight is 389 g/mol. The zero-order chi connectivity index (χ0) is 18.5. The highest BCUT2D eigenvalue weighted by Crippen LogP contribution is 2.28. The lowest BCUT2D eigenvalue weighted by atomic mass is 10.1. The Morgan fingerprint density at radius 2 is 2.12 bits per heavy atom. The second-order valence-electron chi connectivity index (χ2n) is 5.84. The monoisotopic (exact) mass is 388 g/mol. The molecule has 0 fully saturated rings. The summed E-state index contributed by atoms with van der Waals surface area (Å²) >= 11 is 3.10. The number of hydrogen-bond donors (Lipinski definition) is 0. The van der Waals surface area contributed by atoms with Gasteiger partial charge in [0.05, 0.1) is 24.4 Å². The Hall–Kier alpha value is -2.12. The summed E-state index contributed by atoms with van der Waals surface area (Å²) in [6.07, 6.45) is 1.90. The Morgan fingerprint density at radius 3 is 2.88 bits per heavy atom. The minimum atomic E-state index is -0.246. The van der Waals surface area contributed by atoms with Gasteiger partial charge in [-0.05, 0) is 32.4 Å². The maximum Gasteiger partial charge on any atom is 0.311 e. The van der Waals surface area contributed by atoms with Crippen molar-refractivity contribution in [3.05, 3.63) is 52.4 Å². The molecule has 3 aromatic rings. The number of carbonyl (C=O) groups is 1. The fourth-order valence-corrected chi connectivity index (χ4v) is 4.20. The Kier molecular flexibility index (Phi) is 6.11. The second-order valence-corrected chi connectivity index (χ2v) is 7.92. The van der Waals surface area contributed by atoms with E-state index < -0.39 is 0 Å². The highest BCUT2D eigenvalue weighted by Gasteiger charge is 2.12. The van der Waals surface area contributed by atoms with E-state index in [9.17, 15) is 4.79 Å². The summed E-state index contributed by atoms with van der Waals surface area (Å²) in [6.45, 7) is 6.31. The quantitative estimate of drug-likeness (QED) is 0.427. The lowest BCUT2D eigenvalue weighted by molar-refractivity contribution is -0.142. The summed E-state index contributed by atoms with van der Waals surface area (Å²) in [6, 6.07) is 6.21. The molecule has 5 nitrogen and oxygen atoms in total. The van der Waals surface area contributed by atoms with Crippen LogP contribution in [0.4, 0.5) is 0 Å². The van der Waals surface area contributed by atoms with Crippen LogP contribution in [0.15, 0.2) is 38.6 Å². The first-order chi connectivity index (χ1) is 12.5. The van der Waals surface area contributed by atoms with Crippen molar-refractivity contribution in [2.24, 2.45) is 0 Å². The largest absolute Gasteiger partial charge is 0.466 e. The maximum atomic E-state index is 11.5. The van der Waals surface area contributed by atoms with E-state index in [1.54, 1.807) is 24.9 Å². The summed E-state index contributed by atoms with van der Waals surface area (Å²) < 4.78 is 11.5. The van der Waals surface area contributed by atoms with Crippen molar-refractivity contribution in [2.45, 2.75) is 37.3 Å². The summed E-state index contributed by atoms with van der Waals surface area (Å²) in [5, 5.41) is 1.89. The topological polar surface area (TPSA) is 65.2 Å². The molecule has 0 aliphatic carbocycles. The number of aromatic nitrogens is 2. The van der Waals surface area contributed by atoms with Gasteiger partial charge < -0.3 is 9.15 Å². The van der Waals surface area contributed by atoms with E-state index in [-0.39, 0.29) is 12.4 Å². The van der Waals surface area contributed by atoms with Crippen LogP contribution in [0.5, 0.6) is 0 Å². The van der Waals surface area contributed by atoms with Crippen molar-refractivity contribution in [3.8, 4) is 11.5 Å². The molecule has 0 unspecified atom stereocenters. The molecule has 0 radical (unpaired) electrons. The van der Waals surface area contributed by atoms with E-state index in [0.717, 1.165) is 26.9 Å². The number of thioether (sulfide) groups is 1. The molecule has 1 aromatic carbocycles. The summed E-state index contributed by atoms with van der Waals surface area (Å²) in [7, 11) is 0. The van der Waals surface area contributed by atoms with Gasteiger partial charge in [-0.3, -0.25) is 4.79 Å². The molecule has 0 amide bonds. The third kappa shape index (κ3) is 4.74. The second kappa shape index (κ2) is 8.51. The predicted octanol–water partition coefficient (Wildman–Crippen LogP) is 4.81. The van der Waals surface area contributed by atoms with Crippen molar-refractivity contribution in [1.82, 2.24) is 9.97 Å². The van der Waals surface area contributed by atoms with Crippen LogP contribution < -0.4 is 0 Å². The van der Waals surface area contributed by atoms with Gasteiger partial charge in [0, 0.05) is 16.7 Å². The standard InChI is InChI=1S/C19H20N2O3S2/c1-4-23-17(22)8-14-10-25-19(21-14)26-11-15-9-24-18(20-15)16-6-5-12(2)7-13(16)3/h5-7,9-10H,4,8,11H2,1-3H3. The van der Waals surface area contributed by atoms with Gasteiger partial charge in [0.1, 0.15) is 6.26 Å². The van der Waals surface area contributed by atoms with Gasteiger partial charge >= 0.3 is 5.97 Å². The maximum absolute atomic E-state index is 11.5. The molecule has 0 saturated carbocycles. The van der Waals surface area contributed by atoms with Crippen LogP contribution in [0.3, 0.4) is 0 Å². The molecule has 0 saturated heterocycles. The first-order valence-electron chi connectivity index (χ1n) is 8.30. The van der Waals surface area contributed by atoms with Crippen molar-refractivity contribution >= 4 is 29.1 Å². The van der Waals surface area contributed by atoms with Crippen LogP contribution >= 0.6 is 23.1 Å². The van der Waals surface area contributed by atoms with Crippen molar-refractivity contribution in [2.75, 3.05) is 6.61 Å².